The summed E-state index contributed by atoms with van der Waals surface area (Å²) >= 11 is 1.33. The molecule has 0 unspecified atom stereocenters. The van der Waals surface area contributed by atoms with Gasteiger partial charge in [-0.2, -0.15) is 0 Å². The van der Waals surface area contributed by atoms with Gasteiger partial charge in [0.25, 0.3) is 11.6 Å². The molecular weight excluding hydrogens is 374 g/mol. The largest absolute Gasteiger partial charge is 0.286 e. The number of carbonyl (C=O) groups is 1. The van der Waals surface area contributed by atoms with Crippen molar-refractivity contribution >= 4 is 40.3 Å². The van der Waals surface area contributed by atoms with Crippen molar-refractivity contribution in [2.75, 3.05) is 6.54 Å². The van der Waals surface area contributed by atoms with Crippen LogP contribution < -0.4 is 0 Å². The highest BCUT2D eigenvalue weighted by Crippen LogP contribution is 2.34. The lowest BCUT2D eigenvalue weighted by Crippen LogP contribution is -2.32. The molecule has 0 aromatic heterocycles. The van der Waals surface area contributed by atoms with Gasteiger partial charge in [0.1, 0.15) is 0 Å². The Labute approximate surface area is 168 Å². The molecule has 1 saturated heterocycles. The second-order valence-electron chi connectivity index (χ2n) is 7.00. The highest BCUT2D eigenvalue weighted by Gasteiger charge is 2.33. The summed E-state index contributed by atoms with van der Waals surface area (Å²) in [6.07, 6.45) is 1.75. The molecule has 1 aliphatic heterocycles. The maximum atomic E-state index is 12.9. The van der Waals surface area contributed by atoms with E-state index in [1.807, 2.05) is 31.2 Å². The van der Waals surface area contributed by atoms with Crippen molar-refractivity contribution in [3.8, 4) is 0 Å². The molecule has 144 valence electrons. The Morgan fingerprint density at radius 2 is 1.79 bits per heavy atom. The SMILES string of the molecule is Cc1ccc(N=C2S/C(=C/c3ccc([N+](=O)[O-])cc3)C(=O)N2CC(C)C)cc1. The minimum Gasteiger partial charge on any atom is -0.286 e. The molecule has 0 spiro atoms. The Kier molecular flexibility index (Phi) is 5.94. The Morgan fingerprint density at radius 1 is 1.14 bits per heavy atom. The van der Waals surface area contributed by atoms with E-state index < -0.39 is 4.92 Å². The first-order valence-corrected chi connectivity index (χ1v) is 9.76. The molecule has 0 bridgehead atoms. The number of nitrogens with zero attached hydrogens (tertiary/aromatic N) is 3. The van der Waals surface area contributed by atoms with E-state index in [0.29, 0.717) is 22.5 Å². The highest BCUT2D eigenvalue weighted by molar-refractivity contribution is 8.18. The molecule has 0 radical (unpaired) electrons. The van der Waals surface area contributed by atoms with Gasteiger partial charge in [0.05, 0.1) is 15.5 Å². The van der Waals surface area contributed by atoms with Crippen LogP contribution in [0.15, 0.2) is 58.4 Å². The Bertz CT molecular complexity index is 948. The second-order valence-corrected chi connectivity index (χ2v) is 8.01. The van der Waals surface area contributed by atoms with Crippen LogP contribution in [-0.2, 0) is 4.79 Å². The van der Waals surface area contributed by atoms with Gasteiger partial charge >= 0.3 is 0 Å². The first kappa shape index (κ1) is 19.8. The third kappa shape index (κ3) is 4.67. The van der Waals surface area contributed by atoms with Gasteiger partial charge in [-0.05, 0) is 60.5 Å². The predicted octanol–water partition coefficient (Wildman–Crippen LogP) is 5.16. The van der Waals surface area contributed by atoms with E-state index in [2.05, 4.69) is 18.8 Å². The van der Waals surface area contributed by atoms with Crippen LogP contribution in [0.5, 0.6) is 0 Å². The maximum Gasteiger partial charge on any atom is 0.269 e. The average Bonchev–Trinajstić information content (AvgIpc) is 2.92. The number of benzene rings is 2. The number of thioether (sulfide) groups is 1. The molecule has 0 aliphatic carbocycles. The third-order valence-corrected chi connectivity index (χ3v) is 5.10. The smallest absolute Gasteiger partial charge is 0.269 e. The van der Waals surface area contributed by atoms with Gasteiger partial charge < -0.3 is 0 Å². The van der Waals surface area contributed by atoms with Crippen LogP contribution in [0, 0.1) is 23.0 Å². The van der Waals surface area contributed by atoms with E-state index in [9.17, 15) is 14.9 Å². The van der Waals surface area contributed by atoms with E-state index >= 15 is 0 Å². The summed E-state index contributed by atoms with van der Waals surface area (Å²) in [6.45, 7) is 6.70. The van der Waals surface area contributed by atoms with Gasteiger partial charge in [-0.25, -0.2) is 4.99 Å². The van der Waals surface area contributed by atoms with Crippen molar-refractivity contribution in [2.24, 2.45) is 10.9 Å². The second kappa shape index (κ2) is 8.39. The normalized spacial score (nSPS) is 17.1. The van der Waals surface area contributed by atoms with Crippen LogP contribution in [0.4, 0.5) is 11.4 Å². The van der Waals surface area contributed by atoms with Gasteiger partial charge in [0, 0.05) is 18.7 Å². The molecule has 2 aromatic carbocycles. The Morgan fingerprint density at radius 3 is 2.36 bits per heavy atom. The zero-order chi connectivity index (χ0) is 20.3. The molecule has 0 saturated carbocycles. The number of nitro benzene ring substituents is 1. The summed E-state index contributed by atoms with van der Waals surface area (Å²) in [5, 5.41) is 11.5. The van der Waals surface area contributed by atoms with E-state index in [1.54, 1.807) is 23.1 Å². The fraction of sp³-hybridized carbons (Fsp3) is 0.238. The number of rotatable bonds is 5. The standard InChI is InChI=1S/C21H21N3O3S/c1-14(2)13-23-20(25)19(12-16-6-10-18(11-7-16)24(26)27)28-21(23)22-17-8-4-15(3)5-9-17/h4-12,14H,13H2,1-3H3/b19-12+,22-21?. The fourth-order valence-corrected chi connectivity index (χ4v) is 3.70. The molecule has 0 atom stereocenters. The van der Waals surface area contributed by atoms with Gasteiger partial charge in [-0.15, -0.1) is 0 Å². The lowest BCUT2D eigenvalue weighted by Gasteiger charge is -2.17. The van der Waals surface area contributed by atoms with Crippen LogP contribution in [-0.4, -0.2) is 27.4 Å². The average molecular weight is 395 g/mol. The van der Waals surface area contributed by atoms with E-state index in [0.717, 1.165) is 16.8 Å². The molecule has 1 amide bonds. The van der Waals surface area contributed by atoms with Crippen molar-refractivity contribution in [1.29, 1.82) is 0 Å². The van der Waals surface area contributed by atoms with Crippen molar-refractivity contribution in [3.63, 3.8) is 0 Å². The minimum absolute atomic E-state index is 0.0237. The van der Waals surface area contributed by atoms with Gasteiger partial charge in [0.15, 0.2) is 5.17 Å². The maximum absolute atomic E-state index is 12.9. The van der Waals surface area contributed by atoms with Gasteiger partial charge in [-0.3, -0.25) is 19.8 Å². The van der Waals surface area contributed by atoms with Crippen molar-refractivity contribution in [1.82, 2.24) is 4.90 Å². The van der Waals surface area contributed by atoms with Gasteiger partial charge in [0.2, 0.25) is 0 Å². The number of non-ortho nitro benzene ring substituents is 1. The first-order valence-electron chi connectivity index (χ1n) is 8.94. The summed E-state index contributed by atoms with van der Waals surface area (Å²) in [6, 6.07) is 14.0. The molecule has 28 heavy (non-hydrogen) atoms. The quantitative estimate of drug-likeness (QED) is 0.398. The van der Waals surface area contributed by atoms with Crippen LogP contribution in [0.1, 0.15) is 25.0 Å². The number of aliphatic imine (C=N–C) groups is 1. The number of hydrogen-bond acceptors (Lipinski definition) is 5. The summed E-state index contributed by atoms with van der Waals surface area (Å²) in [5.41, 5.74) is 2.71. The lowest BCUT2D eigenvalue weighted by molar-refractivity contribution is -0.384. The van der Waals surface area contributed by atoms with Gasteiger partial charge in [-0.1, -0.05) is 31.5 Å². The fourth-order valence-electron chi connectivity index (χ4n) is 2.69. The van der Waals surface area contributed by atoms with Crippen molar-refractivity contribution in [3.05, 3.63) is 74.7 Å². The molecule has 1 aliphatic rings. The van der Waals surface area contributed by atoms with Crippen LogP contribution in [0.2, 0.25) is 0 Å². The van der Waals surface area contributed by atoms with E-state index in [4.69, 9.17) is 0 Å². The number of hydrogen-bond donors (Lipinski definition) is 0. The molecular formula is C21H21N3O3S. The van der Waals surface area contributed by atoms with Crippen molar-refractivity contribution < 1.29 is 9.72 Å². The number of amides is 1. The number of nitro groups is 1. The van der Waals surface area contributed by atoms with E-state index in [1.165, 1.54) is 23.9 Å². The molecule has 7 heteroatoms. The topological polar surface area (TPSA) is 75.8 Å². The monoisotopic (exact) mass is 395 g/mol. The number of carbonyl (C=O) groups excluding carboxylic acids is 1. The molecule has 1 fully saturated rings. The Balaban J connectivity index is 1.92. The molecule has 2 aromatic rings. The zero-order valence-corrected chi connectivity index (χ0v) is 16.8. The van der Waals surface area contributed by atoms with Crippen LogP contribution >= 0.6 is 11.8 Å². The number of amidine groups is 1. The molecule has 0 N–H and O–H groups in total. The predicted molar refractivity (Wildman–Crippen MR) is 113 cm³/mol. The van der Waals surface area contributed by atoms with Crippen LogP contribution in [0.25, 0.3) is 6.08 Å². The lowest BCUT2D eigenvalue weighted by atomic mass is 10.2. The van der Waals surface area contributed by atoms with Crippen molar-refractivity contribution in [2.45, 2.75) is 20.8 Å². The summed E-state index contributed by atoms with van der Waals surface area (Å²) in [5.74, 6) is 0.203. The first-order chi connectivity index (χ1) is 13.3. The molecule has 6 nitrogen and oxygen atoms in total. The summed E-state index contributed by atoms with van der Waals surface area (Å²) < 4.78 is 0. The molecule has 1 heterocycles. The highest BCUT2D eigenvalue weighted by atomic mass is 32.2. The molecule has 3 rings (SSSR count). The summed E-state index contributed by atoms with van der Waals surface area (Å²) in [4.78, 5) is 30.2. The third-order valence-electron chi connectivity index (χ3n) is 4.10. The summed E-state index contributed by atoms with van der Waals surface area (Å²) in [7, 11) is 0. The minimum atomic E-state index is -0.441. The Hall–Kier alpha value is -2.93. The number of aryl methyl sites for hydroxylation is 1. The van der Waals surface area contributed by atoms with Crippen LogP contribution in [0.3, 0.4) is 0 Å². The zero-order valence-electron chi connectivity index (χ0n) is 16.0. The van der Waals surface area contributed by atoms with E-state index in [-0.39, 0.29) is 11.6 Å².